The summed E-state index contributed by atoms with van der Waals surface area (Å²) >= 11 is 0. The van der Waals surface area contributed by atoms with Crippen molar-refractivity contribution in [1.82, 2.24) is 15.5 Å². The largest absolute Gasteiger partial charge is 0.497 e. The summed E-state index contributed by atoms with van der Waals surface area (Å²) in [7, 11) is 6.64. The van der Waals surface area contributed by atoms with Crippen molar-refractivity contribution in [2.24, 2.45) is 4.99 Å². The van der Waals surface area contributed by atoms with Gasteiger partial charge in [0.05, 0.1) is 14.2 Å². The van der Waals surface area contributed by atoms with Crippen molar-refractivity contribution in [3.8, 4) is 11.5 Å². The molecular weight excluding hydrogens is 348 g/mol. The molecule has 0 heterocycles. The fourth-order valence-electron chi connectivity index (χ4n) is 2.17. The van der Waals surface area contributed by atoms with Crippen molar-refractivity contribution in [2.75, 3.05) is 41.4 Å². The normalized spacial score (nSPS) is 11.6. The van der Waals surface area contributed by atoms with Crippen LogP contribution in [-0.2, 0) is 11.3 Å². The van der Waals surface area contributed by atoms with Gasteiger partial charge in [-0.3, -0.25) is 4.99 Å². The maximum absolute atomic E-state index is 11.9. The van der Waals surface area contributed by atoms with Crippen LogP contribution in [0, 0.1) is 0 Å². The highest BCUT2D eigenvalue weighted by molar-refractivity contribution is 5.79. The summed E-state index contributed by atoms with van der Waals surface area (Å²) < 4.78 is 15.9. The van der Waals surface area contributed by atoms with Crippen LogP contribution in [0.2, 0.25) is 0 Å². The first-order chi connectivity index (χ1) is 12.7. The number of methoxy groups -OCH3 is 2. The van der Waals surface area contributed by atoms with Crippen LogP contribution in [0.15, 0.2) is 23.2 Å². The molecule has 1 amide bonds. The molecular formula is C19H32N4O4. The molecule has 0 atom stereocenters. The topological polar surface area (TPSA) is 84.4 Å². The first kappa shape index (κ1) is 22.4. The summed E-state index contributed by atoms with van der Waals surface area (Å²) in [6.45, 7) is 7.09. The maximum Gasteiger partial charge on any atom is 0.410 e. The molecule has 0 spiro atoms. The average Bonchev–Trinajstić information content (AvgIpc) is 2.62. The Morgan fingerprint density at radius 2 is 1.89 bits per heavy atom. The van der Waals surface area contributed by atoms with Gasteiger partial charge in [0.1, 0.15) is 17.1 Å². The number of benzene rings is 1. The summed E-state index contributed by atoms with van der Waals surface area (Å²) in [6.07, 6.45) is -0.352. The zero-order valence-electron chi connectivity index (χ0n) is 17.4. The summed E-state index contributed by atoms with van der Waals surface area (Å²) in [5, 5.41) is 6.39. The Kier molecular flexibility index (Phi) is 8.71. The van der Waals surface area contributed by atoms with Crippen LogP contribution in [0.1, 0.15) is 26.3 Å². The van der Waals surface area contributed by atoms with E-state index in [1.54, 1.807) is 28.3 Å². The number of nitrogens with one attached hydrogen (secondary N) is 2. The number of ether oxygens (including phenoxy) is 3. The second-order valence-corrected chi connectivity index (χ2v) is 6.93. The molecule has 0 aliphatic heterocycles. The van der Waals surface area contributed by atoms with Crippen LogP contribution in [0.25, 0.3) is 0 Å². The number of hydrogen-bond donors (Lipinski definition) is 2. The van der Waals surface area contributed by atoms with Gasteiger partial charge >= 0.3 is 6.09 Å². The van der Waals surface area contributed by atoms with Gasteiger partial charge in [0.15, 0.2) is 5.96 Å². The number of hydrogen-bond acceptors (Lipinski definition) is 5. The molecule has 1 aromatic rings. The number of likely N-dealkylation sites (N-methyl/N-ethyl adjacent to an activating group) is 1. The SMILES string of the molecule is CN=C(NCCN(C)C(=O)OC(C)(C)C)NCc1ccc(OC)cc1OC. The third kappa shape index (κ3) is 8.06. The highest BCUT2D eigenvalue weighted by atomic mass is 16.6. The van der Waals surface area contributed by atoms with Gasteiger partial charge in [-0.25, -0.2) is 4.79 Å². The predicted octanol–water partition coefficient (Wildman–Crippen LogP) is 2.24. The first-order valence-corrected chi connectivity index (χ1v) is 8.79. The average molecular weight is 380 g/mol. The Balaban J connectivity index is 2.49. The van der Waals surface area contributed by atoms with Crippen molar-refractivity contribution >= 4 is 12.1 Å². The molecule has 0 bridgehead atoms. The van der Waals surface area contributed by atoms with E-state index in [9.17, 15) is 4.79 Å². The molecule has 1 aromatic carbocycles. The minimum absolute atomic E-state index is 0.352. The smallest absolute Gasteiger partial charge is 0.410 e. The summed E-state index contributed by atoms with van der Waals surface area (Å²) in [6, 6.07) is 5.66. The lowest BCUT2D eigenvalue weighted by atomic mass is 10.2. The van der Waals surface area contributed by atoms with Crippen LogP contribution in [-0.4, -0.2) is 64.0 Å². The zero-order chi connectivity index (χ0) is 20.4. The van der Waals surface area contributed by atoms with Crippen molar-refractivity contribution in [3.63, 3.8) is 0 Å². The molecule has 1 rings (SSSR count). The molecule has 0 saturated heterocycles. The molecule has 0 unspecified atom stereocenters. The van der Waals surface area contributed by atoms with E-state index >= 15 is 0 Å². The molecule has 0 aliphatic carbocycles. The van der Waals surface area contributed by atoms with Crippen LogP contribution in [0.4, 0.5) is 4.79 Å². The van der Waals surface area contributed by atoms with E-state index in [0.29, 0.717) is 25.6 Å². The summed E-state index contributed by atoms with van der Waals surface area (Å²) in [5.41, 5.74) is 0.473. The van der Waals surface area contributed by atoms with E-state index < -0.39 is 5.60 Å². The Morgan fingerprint density at radius 3 is 2.44 bits per heavy atom. The van der Waals surface area contributed by atoms with Crippen molar-refractivity contribution in [3.05, 3.63) is 23.8 Å². The van der Waals surface area contributed by atoms with E-state index in [1.807, 2.05) is 39.0 Å². The lowest BCUT2D eigenvalue weighted by Gasteiger charge is -2.25. The minimum atomic E-state index is -0.506. The van der Waals surface area contributed by atoms with Gasteiger partial charge in [-0.05, 0) is 32.9 Å². The molecule has 152 valence electrons. The molecule has 0 saturated carbocycles. The molecule has 0 aromatic heterocycles. The second-order valence-electron chi connectivity index (χ2n) is 6.93. The van der Waals surface area contributed by atoms with Gasteiger partial charge in [0, 0.05) is 45.4 Å². The highest BCUT2D eigenvalue weighted by Crippen LogP contribution is 2.24. The summed E-state index contributed by atoms with van der Waals surface area (Å²) in [4.78, 5) is 17.7. The Morgan fingerprint density at radius 1 is 1.19 bits per heavy atom. The van der Waals surface area contributed by atoms with E-state index in [0.717, 1.165) is 17.1 Å². The minimum Gasteiger partial charge on any atom is -0.497 e. The van der Waals surface area contributed by atoms with Crippen molar-refractivity contribution in [1.29, 1.82) is 0 Å². The number of carbonyl (C=O) groups is 1. The Hall–Kier alpha value is -2.64. The quantitative estimate of drug-likeness (QED) is 0.557. The van der Waals surface area contributed by atoms with Crippen LogP contribution >= 0.6 is 0 Å². The number of guanidine groups is 1. The summed E-state index contributed by atoms with van der Waals surface area (Å²) in [5.74, 6) is 2.11. The fourth-order valence-corrected chi connectivity index (χ4v) is 2.17. The van der Waals surface area contributed by atoms with E-state index in [2.05, 4.69) is 15.6 Å². The van der Waals surface area contributed by atoms with E-state index in [-0.39, 0.29) is 6.09 Å². The number of rotatable bonds is 7. The van der Waals surface area contributed by atoms with Gasteiger partial charge in [-0.1, -0.05) is 0 Å². The molecule has 0 aliphatic rings. The Labute approximate surface area is 161 Å². The van der Waals surface area contributed by atoms with E-state index in [4.69, 9.17) is 14.2 Å². The number of carbonyl (C=O) groups excluding carboxylic acids is 1. The molecule has 8 heteroatoms. The number of amides is 1. The number of aliphatic imine (C=N–C) groups is 1. The molecule has 2 N–H and O–H groups in total. The molecule has 0 fully saturated rings. The van der Waals surface area contributed by atoms with Gasteiger partial charge in [-0.15, -0.1) is 0 Å². The monoisotopic (exact) mass is 380 g/mol. The zero-order valence-corrected chi connectivity index (χ0v) is 17.4. The predicted molar refractivity (Wildman–Crippen MR) is 107 cm³/mol. The molecule has 27 heavy (non-hydrogen) atoms. The lowest BCUT2D eigenvalue weighted by Crippen LogP contribution is -2.42. The Bertz CT molecular complexity index is 641. The van der Waals surface area contributed by atoms with Gasteiger partial charge < -0.3 is 29.7 Å². The van der Waals surface area contributed by atoms with Gasteiger partial charge in [-0.2, -0.15) is 0 Å². The molecule has 8 nitrogen and oxygen atoms in total. The maximum atomic E-state index is 11.9. The van der Waals surface area contributed by atoms with Crippen molar-refractivity contribution in [2.45, 2.75) is 32.9 Å². The van der Waals surface area contributed by atoms with E-state index in [1.165, 1.54) is 4.90 Å². The third-order valence-electron chi connectivity index (χ3n) is 3.61. The van der Waals surface area contributed by atoms with Gasteiger partial charge in [0.25, 0.3) is 0 Å². The van der Waals surface area contributed by atoms with Crippen LogP contribution in [0.5, 0.6) is 11.5 Å². The lowest BCUT2D eigenvalue weighted by molar-refractivity contribution is 0.0302. The van der Waals surface area contributed by atoms with Crippen molar-refractivity contribution < 1.29 is 19.0 Å². The first-order valence-electron chi connectivity index (χ1n) is 8.79. The third-order valence-corrected chi connectivity index (χ3v) is 3.61. The highest BCUT2D eigenvalue weighted by Gasteiger charge is 2.19. The number of nitrogens with zero attached hydrogens (tertiary/aromatic N) is 2. The van der Waals surface area contributed by atoms with Crippen LogP contribution in [0.3, 0.4) is 0 Å². The van der Waals surface area contributed by atoms with Crippen LogP contribution < -0.4 is 20.1 Å². The van der Waals surface area contributed by atoms with Gasteiger partial charge in [0.2, 0.25) is 0 Å². The standard InChI is InChI=1S/C19H32N4O4/c1-19(2,3)27-18(24)23(5)11-10-21-17(20-4)22-13-14-8-9-15(25-6)12-16(14)26-7/h8-9,12H,10-11,13H2,1-7H3,(H2,20,21,22). The fraction of sp³-hybridized carbons (Fsp3) is 0.579. The second kappa shape index (κ2) is 10.5. The molecule has 0 radical (unpaired) electrons.